The van der Waals surface area contributed by atoms with Gasteiger partial charge in [-0.15, -0.1) is 0 Å². The standard InChI is InChI=1S/C21H23N3O5/c1-13(20(27)24-19-10-8-18(9-11-19)23-15(3)26)29-21(28)17-6-4-16(5-7-17)12-22-14(2)25/h4-11,13H,12H2,1-3H3,(H,22,25)(H,23,26)(H,24,27). The van der Waals surface area contributed by atoms with Gasteiger partial charge in [-0.2, -0.15) is 0 Å². The Morgan fingerprint density at radius 3 is 1.90 bits per heavy atom. The fourth-order valence-electron chi connectivity index (χ4n) is 2.35. The Hall–Kier alpha value is -3.68. The Morgan fingerprint density at radius 1 is 0.828 bits per heavy atom. The number of carbonyl (C=O) groups is 4. The summed E-state index contributed by atoms with van der Waals surface area (Å²) in [5.74, 6) is -1.43. The molecule has 0 spiro atoms. The largest absolute Gasteiger partial charge is 0.449 e. The maximum atomic E-state index is 12.2. The fourth-order valence-corrected chi connectivity index (χ4v) is 2.35. The van der Waals surface area contributed by atoms with Gasteiger partial charge in [0.25, 0.3) is 5.91 Å². The van der Waals surface area contributed by atoms with Crippen molar-refractivity contribution in [1.82, 2.24) is 5.32 Å². The van der Waals surface area contributed by atoms with Crippen LogP contribution in [0.4, 0.5) is 11.4 Å². The Kier molecular flexibility index (Phi) is 7.47. The summed E-state index contributed by atoms with van der Waals surface area (Å²) in [6, 6.07) is 13.1. The van der Waals surface area contributed by atoms with Gasteiger partial charge in [0.15, 0.2) is 6.10 Å². The molecule has 3 N–H and O–H groups in total. The number of anilines is 2. The summed E-state index contributed by atoms with van der Waals surface area (Å²) >= 11 is 0. The highest BCUT2D eigenvalue weighted by Gasteiger charge is 2.19. The minimum Gasteiger partial charge on any atom is -0.449 e. The average molecular weight is 397 g/mol. The van der Waals surface area contributed by atoms with Crippen LogP contribution in [0.1, 0.15) is 36.7 Å². The van der Waals surface area contributed by atoms with Gasteiger partial charge in [0.2, 0.25) is 11.8 Å². The first-order chi connectivity index (χ1) is 13.7. The summed E-state index contributed by atoms with van der Waals surface area (Å²) < 4.78 is 5.21. The summed E-state index contributed by atoms with van der Waals surface area (Å²) in [4.78, 5) is 46.4. The minimum absolute atomic E-state index is 0.141. The molecular weight excluding hydrogens is 374 g/mol. The first kappa shape index (κ1) is 21.6. The zero-order valence-electron chi connectivity index (χ0n) is 16.4. The molecule has 1 atom stereocenters. The molecule has 0 radical (unpaired) electrons. The van der Waals surface area contributed by atoms with Crippen molar-refractivity contribution in [1.29, 1.82) is 0 Å². The van der Waals surface area contributed by atoms with Crippen molar-refractivity contribution in [2.24, 2.45) is 0 Å². The monoisotopic (exact) mass is 397 g/mol. The predicted octanol–water partition coefficient (Wildman–Crippen LogP) is 2.47. The second-order valence-corrected chi connectivity index (χ2v) is 6.40. The number of amides is 3. The molecule has 0 saturated heterocycles. The molecule has 0 aliphatic heterocycles. The first-order valence-electron chi connectivity index (χ1n) is 8.97. The lowest BCUT2D eigenvalue weighted by molar-refractivity contribution is -0.123. The van der Waals surface area contributed by atoms with Crippen LogP contribution in [0.5, 0.6) is 0 Å². The number of esters is 1. The molecule has 1 unspecified atom stereocenters. The number of hydrogen-bond acceptors (Lipinski definition) is 5. The Bertz CT molecular complexity index is 892. The summed E-state index contributed by atoms with van der Waals surface area (Å²) in [7, 11) is 0. The molecule has 0 fully saturated rings. The molecule has 29 heavy (non-hydrogen) atoms. The van der Waals surface area contributed by atoms with Crippen molar-refractivity contribution in [3.05, 3.63) is 59.7 Å². The van der Waals surface area contributed by atoms with Crippen molar-refractivity contribution in [3.63, 3.8) is 0 Å². The zero-order chi connectivity index (χ0) is 21.4. The number of benzene rings is 2. The second-order valence-electron chi connectivity index (χ2n) is 6.40. The number of carbonyl (C=O) groups excluding carboxylic acids is 4. The molecule has 0 aliphatic rings. The molecular formula is C21H23N3O5. The third kappa shape index (κ3) is 7.10. The lowest BCUT2D eigenvalue weighted by atomic mass is 10.1. The summed E-state index contributed by atoms with van der Waals surface area (Å²) in [5.41, 5.74) is 2.26. The third-order valence-corrected chi connectivity index (χ3v) is 3.86. The maximum Gasteiger partial charge on any atom is 0.338 e. The number of nitrogens with one attached hydrogen (secondary N) is 3. The molecule has 0 heterocycles. The summed E-state index contributed by atoms with van der Waals surface area (Å²) in [5, 5.41) is 7.94. The van der Waals surface area contributed by atoms with Crippen LogP contribution in [0.3, 0.4) is 0 Å². The smallest absolute Gasteiger partial charge is 0.338 e. The molecule has 2 aromatic rings. The molecule has 3 amide bonds. The van der Waals surface area contributed by atoms with Gasteiger partial charge in [-0.1, -0.05) is 12.1 Å². The maximum absolute atomic E-state index is 12.2. The van der Waals surface area contributed by atoms with E-state index in [1.807, 2.05) is 0 Å². The highest BCUT2D eigenvalue weighted by Crippen LogP contribution is 2.14. The minimum atomic E-state index is -1.00. The highest BCUT2D eigenvalue weighted by molar-refractivity contribution is 5.97. The van der Waals surface area contributed by atoms with E-state index in [4.69, 9.17) is 4.74 Å². The van der Waals surface area contributed by atoms with Crippen molar-refractivity contribution in [2.45, 2.75) is 33.4 Å². The Balaban J connectivity index is 1.88. The predicted molar refractivity (Wildman–Crippen MR) is 108 cm³/mol. The van der Waals surface area contributed by atoms with Crippen molar-refractivity contribution >= 4 is 35.1 Å². The van der Waals surface area contributed by atoms with Gasteiger partial charge in [-0.05, 0) is 48.9 Å². The van der Waals surface area contributed by atoms with Gasteiger partial charge in [-0.25, -0.2) is 4.79 Å². The molecule has 2 rings (SSSR count). The quantitative estimate of drug-likeness (QED) is 0.621. The second kappa shape index (κ2) is 10.0. The van der Waals surface area contributed by atoms with Gasteiger partial charge in [0, 0.05) is 31.8 Å². The van der Waals surface area contributed by atoms with E-state index in [-0.39, 0.29) is 11.8 Å². The third-order valence-electron chi connectivity index (χ3n) is 3.86. The number of hydrogen-bond donors (Lipinski definition) is 3. The van der Waals surface area contributed by atoms with Crippen LogP contribution in [-0.4, -0.2) is 29.8 Å². The van der Waals surface area contributed by atoms with E-state index in [2.05, 4.69) is 16.0 Å². The van der Waals surface area contributed by atoms with E-state index < -0.39 is 18.0 Å². The van der Waals surface area contributed by atoms with Crippen molar-refractivity contribution in [3.8, 4) is 0 Å². The molecule has 0 aliphatic carbocycles. The molecule has 0 aromatic heterocycles. The number of ether oxygens (including phenoxy) is 1. The fraction of sp³-hybridized carbons (Fsp3) is 0.238. The SMILES string of the molecule is CC(=O)NCc1ccc(C(=O)OC(C)C(=O)Nc2ccc(NC(C)=O)cc2)cc1. The lowest BCUT2D eigenvalue weighted by Gasteiger charge is -2.14. The topological polar surface area (TPSA) is 114 Å². The Morgan fingerprint density at radius 2 is 1.38 bits per heavy atom. The van der Waals surface area contributed by atoms with E-state index in [1.165, 1.54) is 20.8 Å². The van der Waals surface area contributed by atoms with Crippen LogP contribution in [0.15, 0.2) is 48.5 Å². The van der Waals surface area contributed by atoms with E-state index in [9.17, 15) is 19.2 Å². The molecule has 2 aromatic carbocycles. The van der Waals surface area contributed by atoms with Gasteiger partial charge < -0.3 is 20.7 Å². The highest BCUT2D eigenvalue weighted by atomic mass is 16.5. The van der Waals surface area contributed by atoms with Crippen LogP contribution in [0.25, 0.3) is 0 Å². The molecule has 8 heteroatoms. The van der Waals surface area contributed by atoms with Crippen molar-refractivity contribution in [2.75, 3.05) is 10.6 Å². The van der Waals surface area contributed by atoms with Crippen LogP contribution in [0, 0.1) is 0 Å². The van der Waals surface area contributed by atoms with E-state index in [0.29, 0.717) is 23.5 Å². The summed E-state index contributed by atoms with van der Waals surface area (Å²) in [6.07, 6.45) is -1.00. The van der Waals surface area contributed by atoms with Gasteiger partial charge >= 0.3 is 5.97 Å². The average Bonchev–Trinajstić information content (AvgIpc) is 2.67. The first-order valence-corrected chi connectivity index (χ1v) is 8.97. The number of rotatable bonds is 7. The zero-order valence-corrected chi connectivity index (χ0v) is 16.4. The van der Waals surface area contributed by atoms with E-state index in [0.717, 1.165) is 5.56 Å². The molecule has 0 bridgehead atoms. The van der Waals surface area contributed by atoms with E-state index in [1.54, 1.807) is 48.5 Å². The normalized spacial score (nSPS) is 11.1. The van der Waals surface area contributed by atoms with Crippen LogP contribution in [-0.2, 0) is 25.7 Å². The van der Waals surface area contributed by atoms with E-state index >= 15 is 0 Å². The van der Waals surface area contributed by atoms with Crippen molar-refractivity contribution < 1.29 is 23.9 Å². The lowest BCUT2D eigenvalue weighted by Crippen LogP contribution is -2.30. The molecule has 152 valence electrons. The molecule has 0 saturated carbocycles. The summed E-state index contributed by atoms with van der Waals surface area (Å²) in [6.45, 7) is 4.67. The molecule has 8 nitrogen and oxygen atoms in total. The van der Waals surface area contributed by atoms with Crippen LogP contribution in [0.2, 0.25) is 0 Å². The van der Waals surface area contributed by atoms with Gasteiger partial charge in [0.05, 0.1) is 5.56 Å². The van der Waals surface area contributed by atoms with Crippen LogP contribution < -0.4 is 16.0 Å². The van der Waals surface area contributed by atoms with Gasteiger partial charge in [0.1, 0.15) is 0 Å². The Labute approximate surface area is 168 Å². The van der Waals surface area contributed by atoms with Crippen LogP contribution >= 0.6 is 0 Å². The van der Waals surface area contributed by atoms with Gasteiger partial charge in [-0.3, -0.25) is 14.4 Å².